The summed E-state index contributed by atoms with van der Waals surface area (Å²) in [6.45, 7) is 2.94. The molecule has 0 radical (unpaired) electrons. The Morgan fingerprint density at radius 3 is 2.52 bits per heavy atom. The molecule has 0 spiro atoms. The summed E-state index contributed by atoms with van der Waals surface area (Å²) in [6, 6.07) is 7.50. The Morgan fingerprint density at radius 2 is 1.89 bits per heavy atom. The van der Waals surface area contributed by atoms with Crippen molar-refractivity contribution in [3.05, 3.63) is 24.3 Å². The highest BCUT2D eigenvalue weighted by Gasteiger charge is 2.43. The molecule has 1 aromatic carbocycles. The summed E-state index contributed by atoms with van der Waals surface area (Å²) >= 11 is 0. The first-order valence-corrected chi connectivity index (χ1v) is 11.3. The fraction of sp³-hybridized carbons (Fsp3) is 0.600. The molecular weight excluding hydrogens is 362 g/mol. The van der Waals surface area contributed by atoms with E-state index in [1.165, 1.54) is 25.7 Å². The van der Waals surface area contributed by atoms with Crippen LogP contribution in [-0.2, 0) is 20.4 Å². The highest BCUT2D eigenvalue weighted by atomic mass is 32.2. The lowest BCUT2D eigenvalue weighted by molar-refractivity contribution is -0.144. The maximum absolute atomic E-state index is 12.5. The molecule has 0 aromatic heterocycles. The molecule has 2 amide bonds. The van der Waals surface area contributed by atoms with Crippen LogP contribution in [0.2, 0.25) is 0 Å². The molecular formula is C20H27N3O3S. The van der Waals surface area contributed by atoms with Crippen LogP contribution in [0.5, 0.6) is 0 Å². The summed E-state index contributed by atoms with van der Waals surface area (Å²) in [4.78, 5) is 29.7. The molecule has 4 atom stereocenters. The van der Waals surface area contributed by atoms with E-state index >= 15 is 0 Å². The Hall–Kier alpha value is -1.73. The second-order valence-electron chi connectivity index (χ2n) is 8.01. The van der Waals surface area contributed by atoms with Crippen molar-refractivity contribution in [1.29, 1.82) is 0 Å². The van der Waals surface area contributed by atoms with Gasteiger partial charge in [0, 0.05) is 59.9 Å². The van der Waals surface area contributed by atoms with E-state index < -0.39 is 22.6 Å². The van der Waals surface area contributed by atoms with Gasteiger partial charge in [0.2, 0.25) is 0 Å². The van der Waals surface area contributed by atoms with Crippen molar-refractivity contribution in [2.24, 2.45) is 11.8 Å². The van der Waals surface area contributed by atoms with Crippen LogP contribution >= 0.6 is 0 Å². The standard InChI is InChI=1S/C20H27N3O3S/c1-27(26)17-4-2-3-16(13-17)21-19(24)20(25)23-9-7-22(8-10-23)18-12-14-5-6-15(18)11-14/h2-4,13-15,18H,5-12H2,1H3,(H,21,24). The molecule has 4 rings (SSSR count). The lowest BCUT2D eigenvalue weighted by atomic mass is 9.93. The lowest BCUT2D eigenvalue weighted by Gasteiger charge is -2.40. The van der Waals surface area contributed by atoms with E-state index in [2.05, 4.69) is 10.2 Å². The van der Waals surface area contributed by atoms with Crippen LogP contribution in [0.1, 0.15) is 25.7 Å². The molecule has 7 heteroatoms. The third-order valence-electron chi connectivity index (χ3n) is 6.39. The van der Waals surface area contributed by atoms with Gasteiger partial charge in [0.25, 0.3) is 0 Å². The highest BCUT2D eigenvalue weighted by Crippen LogP contribution is 2.46. The zero-order chi connectivity index (χ0) is 19.0. The van der Waals surface area contributed by atoms with Crippen LogP contribution in [0.3, 0.4) is 0 Å². The minimum Gasteiger partial charge on any atom is -0.332 e. The van der Waals surface area contributed by atoms with Gasteiger partial charge >= 0.3 is 11.8 Å². The number of carbonyl (C=O) groups excluding carboxylic acids is 2. The number of nitrogens with one attached hydrogen (secondary N) is 1. The molecule has 6 nitrogen and oxygen atoms in total. The number of rotatable bonds is 3. The topological polar surface area (TPSA) is 69.7 Å². The molecule has 27 heavy (non-hydrogen) atoms. The van der Waals surface area contributed by atoms with E-state index in [1.807, 2.05) is 0 Å². The van der Waals surface area contributed by atoms with E-state index in [9.17, 15) is 13.8 Å². The van der Waals surface area contributed by atoms with Gasteiger partial charge in [-0.3, -0.25) is 18.7 Å². The molecule has 3 aliphatic rings. The summed E-state index contributed by atoms with van der Waals surface area (Å²) in [5.74, 6) is 0.656. The average Bonchev–Trinajstić information content (AvgIpc) is 3.31. The van der Waals surface area contributed by atoms with Gasteiger partial charge in [0.1, 0.15) is 0 Å². The maximum Gasteiger partial charge on any atom is 0.313 e. The summed E-state index contributed by atoms with van der Waals surface area (Å²) in [5.41, 5.74) is 0.502. The Labute approximate surface area is 162 Å². The number of benzene rings is 1. The normalized spacial score (nSPS) is 28.9. The summed E-state index contributed by atoms with van der Waals surface area (Å²) in [6.07, 6.45) is 7.04. The van der Waals surface area contributed by atoms with Gasteiger partial charge in [-0.15, -0.1) is 0 Å². The van der Waals surface area contributed by atoms with Crippen molar-refractivity contribution < 1.29 is 13.8 Å². The van der Waals surface area contributed by atoms with Crippen molar-refractivity contribution >= 4 is 28.3 Å². The van der Waals surface area contributed by atoms with E-state index in [1.54, 1.807) is 35.4 Å². The van der Waals surface area contributed by atoms with Crippen molar-refractivity contribution in [3.8, 4) is 0 Å². The number of amides is 2. The first kappa shape index (κ1) is 18.6. The van der Waals surface area contributed by atoms with Gasteiger partial charge < -0.3 is 10.2 Å². The van der Waals surface area contributed by atoms with Crippen molar-refractivity contribution in [1.82, 2.24) is 9.80 Å². The summed E-state index contributed by atoms with van der Waals surface area (Å²) in [5, 5.41) is 2.64. The molecule has 2 aliphatic carbocycles. The number of piperazine rings is 1. The number of carbonyl (C=O) groups is 2. The first-order chi connectivity index (χ1) is 13.0. The predicted molar refractivity (Wildman–Crippen MR) is 105 cm³/mol. The third kappa shape index (κ3) is 3.94. The Kier molecular flexibility index (Phi) is 5.32. The number of nitrogens with zero attached hydrogens (tertiary/aromatic N) is 2. The molecule has 1 saturated heterocycles. The minimum atomic E-state index is -1.13. The first-order valence-electron chi connectivity index (χ1n) is 9.79. The predicted octanol–water partition coefficient (Wildman–Crippen LogP) is 1.70. The number of fused-ring (bicyclic) bond motifs is 2. The van der Waals surface area contributed by atoms with Gasteiger partial charge in [-0.1, -0.05) is 12.5 Å². The van der Waals surface area contributed by atoms with Gasteiger partial charge in [0.05, 0.1) is 0 Å². The Bertz CT molecular complexity index is 761. The molecule has 146 valence electrons. The quantitative estimate of drug-likeness (QED) is 0.799. The summed E-state index contributed by atoms with van der Waals surface area (Å²) in [7, 11) is -1.13. The highest BCUT2D eigenvalue weighted by molar-refractivity contribution is 7.84. The summed E-state index contributed by atoms with van der Waals surface area (Å²) < 4.78 is 11.6. The second kappa shape index (κ2) is 7.72. The lowest BCUT2D eigenvalue weighted by Crippen LogP contribution is -2.54. The van der Waals surface area contributed by atoms with E-state index in [4.69, 9.17) is 0 Å². The maximum atomic E-state index is 12.5. The molecule has 1 N–H and O–H groups in total. The molecule has 1 aromatic rings. The zero-order valence-electron chi connectivity index (χ0n) is 15.7. The number of hydrogen-bond acceptors (Lipinski definition) is 4. The number of hydrogen-bond donors (Lipinski definition) is 1. The fourth-order valence-electron chi connectivity index (χ4n) is 5.00. The van der Waals surface area contributed by atoms with Gasteiger partial charge in [-0.05, 0) is 49.3 Å². The zero-order valence-corrected chi connectivity index (χ0v) is 16.5. The van der Waals surface area contributed by atoms with Gasteiger partial charge in [-0.25, -0.2) is 0 Å². The SMILES string of the molecule is CS(=O)c1cccc(NC(=O)C(=O)N2CCN(C3CC4CCC3C4)CC2)c1. The van der Waals surface area contributed by atoms with Crippen LogP contribution in [-0.4, -0.2) is 64.3 Å². The largest absolute Gasteiger partial charge is 0.332 e. The van der Waals surface area contributed by atoms with Gasteiger partial charge in [0.15, 0.2) is 0 Å². The monoisotopic (exact) mass is 389 g/mol. The third-order valence-corrected chi connectivity index (χ3v) is 7.31. The Morgan fingerprint density at radius 1 is 1.11 bits per heavy atom. The number of anilines is 1. The molecule has 3 fully saturated rings. The molecule has 1 aliphatic heterocycles. The molecule has 4 unspecified atom stereocenters. The van der Waals surface area contributed by atoms with Crippen molar-refractivity contribution in [2.75, 3.05) is 37.8 Å². The molecule has 2 saturated carbocycles. The van der Waals surface area contributed by atoms with E-state index in [0.29, 0.717) is 29.7 Å². The average molecular weight is 390 g/mol. The smallest absolute Gasteiger partial charge is 0.313 e. The van der Waals surface area contributed by atoms with Crippen LogP contribution in [0.25, 0.3) is 0 Å². The minimum absolute atomic E-state index is 0.481. The molecule has 1 heterocycles. The van der Waals surface area contributed by atoms with Crippen LogP contribution in [0, 0.1) is 11.8 Å². The fourth-order valence-corrected chi connectivity index (χ4v) is 5.56. The van der Waals surface area contributed by atoms with Crippen LogP contribution in [0.15, 0.2) is 29.2 Å². The van der Waals surface area contributed by atoms with Crippen molar-refractivity contribution in [3.63, 3.8) is 0 Å². The second-order valence-corrected chi connectivity index (χ2v) is 9.39. The molecule has 2 bridgehead atoms. The van der Waals surface area contributed by atoms with Crippen LogP contribution in [0.4, 0.5) is 5.69 Å². The van der Waals surface area contributed by atoms with E-state index in [0.717, 1.165) is 24.9 Å². The Balaban J connectivity index is 1.30. The van der Waals surface area contributed by atoms with Crippen molar-refractivity contribution in [2.45, 2.75) is 36.6 Å². The van der Waals surface area contributed by atoms with Gasteiger partial charge in [-0.2, -0.15) is 0 Å². The van der Waals surface area contributed by atoms with Crippen LogP contribution < -0.4 is 5.32 Å². The van der Waals surface area contributed by atoms with E-state index in [-0.39, 0.29) is 0 Å².